The van der Waals surface area contributed by atoms with E-state index in [1.54, 1.807) is 7.11 Å². The predicted molar refractivity (Wildman–Crippen MR) is 188 cm³/mol. The summed E-state index contributed by atoms with van der Waals surface area (Å²) < 4.78 is 5.45. The monoisotopic (exact) mass is 568 g/mol. The minimum atomic E-state index is 0.139. The number of hydrogen-bond donors (Lipinski definition) is 0. The van der Waals surface area contributed by atoms with E-state index in [-0.39, 0.29) is 5.92 Å². The van der Waals surface area contributed by atoms with E-state index in [1.165, 1.54) is 49.7 Å². The Morgan fingerprint density at radius 2 is 1.14 bits per heavy atom. The first-order valence-corrected chi connectivity index (χ1v) is 15.2. The van der Waals surface area contributed by atoms with Crippen LogP contribution in [-0.2, 0) is 6.42 Å². The van der Waals surface area contributed by atoms with Crippen LogP contribution in [0.1, 0.15) is 39.3 Å². The zero-order valence-corrected chi connectivity index (χ0v) is 25.0. The van der Waals surface area contributed by atoms with Crippen LogP contribution in [0.3, 0.4) is 0 Å². The van der Waals surface area contributed by atoms with Crippen molar-refractivity contribution in [2.45, 2.75) is 12.3 Å². The van der Waals surface area contributed by atoms with Gasteiger partial charge in [0.05, 0.1) is 7.11 Å². The fraction of sp³-hybridized carbons (Fsp3) is 0.0698. The van der Waals surface area contributed by atoms with E-state index >= 15 is 0 Å². The summed E-state index contributed by atoms with van der Waals surface area (Å²) in [4.78, 5) is 0. The molecule has 44 heavy (non-hydrogen) atoms. The molecule has 0 aromatic heterocycles. The first-order valence-electron chi connectivity index (χ1n) is 15.2. The van der Waals surface area contributed by atoms with Crippen LogP contribution < -0.4 is 4.74 Å². The molecule has 0 saturated heterocycles. The van der Waals surface area contributed by atoms with Gasteiger partial charge in [-0.15, -0.1) is 0 Å². The molecule has 0 aliphatic carbocycles. The van der Waals surface area contributed by atoms with E-state index in [1.807, 2.05) is 6.07 Å². The van der Waals surface area contributed by atoms with Crippen LogP contribution in [0, 0.1) is 0 Å². The van der Waals surface area contributed by atoms with Gasteiger partial charge in [-0.3, -0.25) is 0 Å². The summed E-state index contributed by atoms with van der Waals surface area (Å²) in [5, 5.41) is 2.53. The van der Waals surface area contributed by atoms with Crippen molar-refractivity contribution < 1.29 is 4.74 Å². The second kappa shape index (κ2) is 14.2. The van der Waals surface area contributed by atoms with Gasteiger partial charge in [-0.05, 0) is 68.3 Å². The molecule has 1 heteroatoms. The number of fused-ring (bicyclic) bond motifs is 1. The lowest BCUT2D eigenvalue weighted by Gasteiger charge is -2.20. The van der Waals surface area contributed by atoms with Crippen LogP contribution in [0.4, 0.5) is 0 Å². The molecule has 6 aromatic rings. The molecule has 0 bridgehead atoms. The number of ether oxygens (including phenoxy) is 1. The molecular weight excluding hydrogens is 532 g/mol. The van der Waals surface area contributed by atoms with Crippen molar-refractivity contribution in [2.75, 3.05) is 7.11 Å². The van der Waals surface area contributed by atoms with Crippen LogP contribution >= 0.6 is 0 Å². The number of benzene rings is 6. The number of allylic oxidation sites excluding steroid dienone is 3. The quantitative estimate of drug-likeness (QED) is 0.149. The third-order valence-corrected chi connectivity index (χ3v) is 8.02. The van der Waals surface area contributed by atoms with Gasteiger partial charge >= 0.3 is 0 Å². The minimum Gasteiger partial charge on any atom is -0.497 e. The molecule has 0 N–H and O–H groups in total. The Balaban J connectivity index is 1.45. The lowest BCUT2D eigenvalue weighted by Crippen LogP contribution is -2.04. The van der Waals surface area contributed by atoms with Crippen molar-refractivity contribution in [1.82, 2.24) is 0 Å². The topological polar surface area (TPSA) is 9.23 Å². The van der Waals surface area contributed by atoms with Crippen molar-refractivity contribution in [3.63, 3.8) is 0 Å². The molecule has 0 heterocycles. The van der Waals surface area contributed by atoms with Gasteiger partial charge in [0.25, 0.3) is 0 Å². The van der Waals surface area contributed by atoms with Crippen molar-refractivity contribution in [3.05, 3.63) is 203 Å². The molecule has 6 rings (SSSR count). The van der Waals surface area contributed by atoms with Gasteiger partial charge < -0.3 is 4.74 Å². The van der Waals surface area contributed by atoms with E-state index in [0.717, 1.165) is 12.2 Å². The fourth-order valence-electron chi connectivity index (χ4n) is 5.77. The van der Waals surface area contributed by atoms with Gasteiger partial charge in [0.1, 0.15) is 5.75 Å². The van der Waals surface area contributed by atoms with Crippen molar-refractivity contribution >= 4 is 28.5 Å². The Morgan fingerprint density at radius 3 is 1.77 bits per heavy atom. The molecule has 0 radical (unpaired) electrons. The number of methoxy groups -OCH3 is 1. The summed E-state index contributed by atoms with van der Waals surface area (Å²) in [7, 11) is 1.71. The zero-order chi connectivity index (χ0) is 30.0. The summed E-state index contributed by atoms with van der Waals surface area (Å²) in [6.45, 7) is 0. The van der Waals surface area contributed by atoms with Crippen LogP contribution in [0.15, 0.2) is 170 Å². The van der Waals surface area contributed by atoms with E-state index < -0.39 is 0 Å². The van der Waals surface area contributed by atoms with Crippen molar-refractivity contribution in [1.29, 1.82) is 0 Å². The largest absolute Gasteiger partial charge is 0.497 e. The standard InChI is InChI=1S/C43H36O/c1-44-39-28-25-34(26-29-39)31-38(32-43(35-18-7-3-8-19-35)36-20-9-4-10-21-36)41-30-27-37(40-23-13-14-24-42(40)41)22-12-11-17-33-15-5-2-6-16-33/h2-30,32,38H,31H2,1H3/b17-11+,22-12+. The summed E-state index contributed by atoms with van der Waals surface area (Å²) in [6.07, 6.45) is 11.9. The molecular formula is C43H36O. The summed E-state index contributed by atoms with van der Waals surface area (Å²) in [6, 6.07) is 53.7. The smallest absolute Gasteiger partial charge is 0.118 e. The minimum absolute atomic E-state index is 0.139. The van der Waals surface area contributed by atoms with Gasteiger partial charge in [0, 0.05) is 5.92 Å². The molecule has 0 spiro atoms. The van der Waals surface area contributed by atoms with Crippen LogP contribution in [0.25, 0.3) is 28.5 Å². The first kappa shape index (κ1) is 28.7. The molecule has 0 aliphatic rings. The second-order valence-corrected chi connectivity index (χ2v) is 10.9. The molecule has 0 amide bonds. The lowest BCUT2D eigenvalue weighted by molar-refractivity contribution is 0.414. The molecule has 214 valence electrons. The first-order chi connectivity index (χ1) is 21.8. The molecule has 0 fully saturated rings. The maximum absolute atomic E-state index is 5.45. The summed E-state index contributed by atoms with van der Waals surface area (Å²) in [5.74, 6) is 1.01. The molecule has 1 unspecified atom stereocenters. The highest BCUT2D eigenvalue weighted by Gasteiger charge is 2.17. The maximum atomic E-state index is 5.45. The Kier molecular flexibility index (Phi) is 9.25. The highest BCUT2D eigenvalue weighted by Crippen LogP contribution is 2.36. The fourth-order valence-corrected chi connectivity index (χ4v) is 5.77. The predicted octanol–water partition coefficient (Wildman–Crippen LogP) is 11.0. The molecule has 0 aliphatic heterocycles. The van der Waals surface area contributed by atoms with Gasteiger partial charge in [0.15, 0.2) is 0 Å². The van der Waals surface area contributed by atoms with E-state index in [4.69, 9.17) is 4.74 Å². The molecule has 0 saturated carbocycles. The Morgan fingerprint density at radius 1 is 0.568 bits per heavy atom. The summed E-state index contributed by atoms with van der Waals surface area (Å²) in [5.41, 5.74) is 8.66. The summed E-state index contributed by atoms with van der Waals surface area (Å²) >= 11 is 0. The van der Waals surface area contributed by atoms with Gasteiger partial charge in [-0.25, -0.2) is 0 Å². The van der Waals surface area contributed by atoms with Gasteiger partial charge in [0.2, 0.25) is 0 Å². The normalized spacial score (nSPS) is 12.0. The van der Waals surface area contributed by atoms with E-state index in [0.29, 0.717) is 0 Å². The Bertz CT molecular complexity index is 1840. The Hall–Kier alpha value is -5.40. The van der Waals surface area contributed by atoms with Gasteiger partial charge in [-0.2, -0.15) is 0 Å². The van der Waals surface area contributed by atoms with E-state index in [9.17, 15) is 0 Å². The molecule has 6 aromatic carbocycles. The highest BCUT2D eigenvalue weighted by molar-refractivity contribution is 5.94. The lowest BCUT2D eigenvalue weighted by atomic mass is 9.84. The molecule has 1 nitrogen and oxygen atoms in total. The number of rotatable bonds is 10. The number of hydrogen-bond acceptors (Lipinski definition) is 1. The maximum Gasteiger partial charge on any atom is 0.118 e. The van der Waals surface area contributed by atoms with Crippen molar-refractivity contribution in [2.24, 2.45) is 0 Å². The van der Waals surface area contributed by atoms with Crippen molar-refractivity contribution in [3.8, 4) is 5.75 Å². The Labute approximate surface area is 261 Å². The zero-order valence-electron chi connectivity index (χ0n) is 25.0. The second-order valence-electron chi connectivity index (χ2n) is 10.9. The van der Waals surface area contributed by atoms with E-state index in [2.05, 4.69) is 176 Å². The average Bonchev–Trinajstić information content (AvgIpc) is 3.10. The third kappa shape index (κ3) is 6.97. The van der Waals surface area contributed by atoms with Crippen LogP contribution in [0.5, 0.6) is 5.75 Å². The van der Waals surface area contributed by atoms with Crippen LogP contribution in [0.2, 0.25) is 0 Å². The highest BCUT2D eigenvalue weighted by atomic mass is 16.5. The molecule has 1 atom stereocenters. The van der Waals surface area contributed by atoms with Gasteiger partial charge in [-0.1, -0.05) is 170 Å². The average molecular weight is 569 g/mol. The van der Waals surface area contributed by atoms with Crippen LogP contribution in [-0.4, -0.2) is 7.11 Å². The third-order valence-electron chi connectivity index (χ3n) is 8.02. The SMILES string of the molecule is COc1ccc(CC(C=C(c2ccccc2)c2ccccc2)c2ccc(/C=C/C=C/c3ccccc3)c3ccccc23)cc1.